The van der Waals surface area contributed by atoms with Crippen molar-refractivity contribution in [2.45, 2.75) is 13.5 Å². The minimum atomic E-state index is 0.249. The second-order valence-electron chi connectivity index (χ2n) is 6.12. The van der Waals surface area contributed by atoms with Crippen LogP contribution in [0.25, 0.3) is 22.3 Å². The van der Waals surface area contributed by atoms with E-state index < -0.39 is 0 Å². The Labute approximate surface area is 156 Å². The molecule has 130 valence electrons. The van der Waals surface area contributed by atoms with E-state index in [1.165, 1.54) is 0 Å². The summed E-state index contributed by atoms with van der Waals surface area (Å²) in [5.74, 6) is 1.10. The van der Waals surface area contributed by atoms with Crippen LogP contribution in [0.15, 0.2) is 54.7 Å². The Bertz CT molecular complexity index is 1080. The molecule has 26 heavy (non-hydrogen) atoms. The number of aryl methyl sites for hydroxylation is 2. The van der Waals surface area contributed by atoms with Crippen LogP contribution < -0.4 is 4.74 Å². The van der Waals surface area contributed by atoms with E-state index >= 15 is 0 Å². The van der Waals surface area contributed by atoms with Crippen molar-refractivity contribution in [3.8, 4) is 17.1 Å². The van der Waals surface area contributed by atoms with Crippen LogP contribution in [0.5, 0.6) is 5.88 Å². The third-order valence-electron chi connectivity index (χ3n) is 4.13. The fourth-order valence-electron chi connectivity index (χ4n) is 2.74. The largest absolute Gasteiger partial charge is 0.467 e. The lowest BCUT2D eigenvalue weighted by atomic mass is 10.2. The molecule has 4 rings (SSSR count). The maximum Gasteiger partial charge on any atom is 0.253 e. The predicted molar refractivity (Wildman–Crippen MR) is 102 cm³/mol. The summed E-state index contributed by atoms with van der Waals surface area (Å²) < 4.78 is 7.75. The standard InChI is InChI=1S/C20H17ClN4O/c1-13-8-9-15-16(10-13)24-20(19(21)23-15)26-12-18-22-17(11-25(18)2)14-6-4-3-5-7-14/h3-11H,12H2,1-2H3. The van der Waals surface area contributed by atoms with Gasteiger partial charge in [0.25, 0.3) is 5.88 Å². The first-order valence-electron chi connectivity index (χ1n) is 8.24. The van der Waals surface area contributed by atoms with Gasteiger partial charge in [0, 0.05) is 18.8 Å². The van der Waals surface area contributed by atoms with E-state index in [9.17, 15) is 0 Å². The van der Waals surface area contributed by atoms with Crippen molar-refractivity contribution in [3.63, 3.8) is 0 Å². The molecule has 0 fully saturated rings. The van der Waals surface area contributed by atoms with Gasteiger partial charge < -0.3 is 9.30 Å². The minimum Gasteiger partial charge on any atom is -0.467 e. The summed E-state index contributed by atoms with van der Waals surface area (Å²) in [7, 11) is 1.94. The first-order valence-corrected chi connectivity index (χ1v) is 8.62. The van der Waals surface area contributed by atoms with Crippen LogP contribution >= 0.6 is 11.6 Å². The van der Waals surface area contributed by atoms with Crippen LogP contribution in [-0.2, 0) is 13.7 Å². The summed E-state index contributed by atoms with van der Waals surface area (Å²) in [5, 5.41) is 0.249. The molecular formula is C20H17ClN4O. The third-order valence-corrected chi connectivity index (χ3v) is 4.37. The Morgan fingerprint density at radius 3 is 2.62 bits per heavy atom. The van der Waals surface area contributed by atoms with E-state index in [1.54, 1.807) is 0 Å². The number of fused-ring (bicyclic) bond motifs is 1. The van der Waals surface area contributed by atoms with Gasteiger partial charge in [0.15, 0.2) is 5.15 Å². The van der Waals surface area contributed by atoms with Gasteiger partial charge in [-0.05, 0) is 24.6 Å². The third kappa shape index (κ3) is 3.26. The number of aromatic nitrogens is 4. The molecule has 0 spiro atoms. The number of imidazole rings is 1. The van der Waals surface area contributed by atoms with Crippen molar-refractivity contribution in [2.24, 2.45) is 7.05 Å². The zero-order chi connectivity index (χ0) is 18.1. The average Bonchev–Trinajstić information content (AvgIpc) is 3.02. The summed E-state index contributed by atoms with van der Waals surface area (Å²) in [4.78, 5) is 13.5. The molecule has 0 radical (unpaired) electrons. The maximum absolute atomic E-state index is 6.22. The molecule has 6 heteroatoms. The van der Waals surface area contributed by atoms with Crippen LogP contribution in [0.2, 0.25) is 5.15 Å². The molecular weight excluding hydrogens is 348 g/mol. The van der Waals surface area contributed by atoms with Crippen molar-refractivity contribution >= 4 is 22.6 Å². The van der Waals surface area contributed by atoms with Crippen LogP contribution in [0, 0.1) is 6.92 Å². The second-order valence-corrected chi connectivity index (χ2v) is 6.48. The number of hydrogen-bond donors (Lipinski definition) is 0. The van der Waals surface area contributed by atoms with E-state index in [1.807, 2.05) is 73.3 Å². The van der Waals surface area contributed by atoms with Gasteiger partial charge in [-0.25, -0.2) is 15.0 Å². The molecule has 2 aromatic carbocycles. The van der Waals surface area contributed by atoms with Crippen LogP contribution in [0.3, 0.4) is 0 Å². The quantitative estimate of drug-likeness (QED) is 0.532. The number of hydrogen-bond acceptors (Lipinski definition) is 4. The van der Waals surface area contributed by atoms with Crippen molar-refractivity contribution in [3.05, 3.63) is 71.3 Å². The molecule has 0 amide bonds. The molecule has 0 saturated carbocycles. The number of ether oxygens (including phenoxy) is 1. The van der Waals surface area contributed by atoms with Gasteiger partial charge in [-0.2, -0.15) is 0 Å². The van der Waals surface area contributed by atoms with Crippen molar-refractivity contribution in [1.29, 1.82) is 0 Å². The first kappa shape index (κ1) is 16.5. The molecule has 0 bridgehead atoms. The van der Waals surface area contributed by atoms with Gasteiger partial charge in [0.05, 0.1) is 16.7 Å². The van der Waals surface area contributed by atoms with Gasteiger partial charge in [-0.15, -0.1) is 0 Å². The molecule has 2 aromatic heterocycles. The normalized spacial score (nSPS) is 11.0. The van der Waals surface area contributed by atoms with E-state index in [-0.39, 0.29) is 11.8 Å². The lowest BCUT2D eigenvalue weighted by Gasteiger charge is -2.08. The lowest BCUT2D eigenvalue weighted by Crippen LogP contribution is -2.05. The molecule has 0 N–H and O–H groups in total. The predicted octanol–water partition coefficient (Wildman–Crippen LogP) is 4.57. The van der Waals surface area contributed by atoms with Crippen molar-refractivity contribution in [2.75, 3.05) is 0 Å². The summed E-state index contributed by atoms with van der Waals surface area (Å²) >= 11 is 6.22. The summed E-state index contributed by atoms with van der Waals surface area (Å²) in [6, 6.07) is 15.9. The summed E-state index contributed by atoms with van der Waals surface area (Å²) in [6.45, 7) is 2.27. The molecule has 4 aromatic rings. The average molecular weight is 365 g/mol. The highest BCUT2D eigenvalue weighted by molar-refractivity contribution is 6.31. The zero-order valence-electron chi connectivity index (χ0n) is 14.5. The molecule has 0 atom stereocenters. The van der Waals surface area contributed by atoms with E-state index in [0.717, 1.165) is 33.7 Å². The molecule has 5 nitrogen and oxygen atoms in total. The number of nitrogens with zero attached hydrogens (tertiary/aromatic N) is 4. The maximum atomic E-state index is 6.22. The fraction of sp³-hybridized carbons (Fsp3) is 0.150. The fourth-order valence-corrected chi connectivity index (χ4v) is 2.93. The molecule has 0 aliphatic rings. The minimum absolute atomic E-state index is 0.249. The van der Waals surface area contributed by atoms with E-state index in [4.69, 9.17) is 16.3 Å². The van der Waals surface area contributed by atoms with Crippen molar-refractivity contribution in [1.82, 2.24) is 19.5 Å². The van der Waals surface area contributed by atoms with Crippen LogP contribution in [0.4, 0.5) is 0 Å². The smallest absolute Gasteiger partial charge is 0.253 e. The molecule has 2 heterocycles. The monoisotopic (exact) mass is 364 g/mol. The van der Waals surface area contributed by atoms with Gasteiger partial charge in [-0.1, -0.05) is 48.0 Å². The highest BCUT2D eigenvalue weighted by Crippen LogP contribution is 2.25. The summed E-state index contributed by atoms with van der Waals surface area (Å²) in [6.07, 6.45) is 1.98. The topological polar surface area (TPSA) is 52.8 Å². The van der Waals surface area contributed by atoms with Crippen molar-refractivity contribution < 1.29 is 4.74 Å². The molecule has 0 aliphatic carbocycles. The number of rotatable bonds is 4. The Hall–Kier alpha value is -2.92. The highest BCUT2D eigenvalue weighted by atomic mass is 35.5. The highest BCUT2D eigenvalue weighted by Gasteiger charge is 2.12. The van der Waals surface area contributed by atoms with Gasteiger partial charge in [-0.3, -0.25) is 0 Å². The van der Waals surface area contributed by atoms with Crippen LogP contribution in [-0.4, -0.2) is 19.5 Å². The van der Waals surface area contributed by atoms with E-state index in [0.29, 0.717) is 5.88 Å². The molecule has 0 saturated heterocycles. The van der Waals surface area contributed by atoms with Gasteiger partial charge >= 0.3 is 0 Å². The number of halogens is 1. The van der Waals surface area contributed by atoms with Gasteiger partial charge in [0.1, 0.15) is 12.4 Å². The molecule has 0 aliphatic heterocycles. The zero-order valence-corrected chi connectivity index (χ0v) is 15.2. The van der Waals surface area contributed by atoms with Gasteiger partial charge in [0.2, 0.25) is 0 Å². The van der Waals surface area contributed by atoms with E-state index in [2.05, 4.69) is 15.0 Å². The lowest BCUT2D eigenvalue weighted by molar-refractivity contribution is 0.280. The Balaban J connectivity index is 1.58. The first-order chi connectivity index (χ1) is 12.6. The number of benzene rings is 2. The summed E-state index contributed by atoms with van der Waals surface area (Å²) in [5.41, 5.74) is 4.58. The Morgan fingerprint density at radius 1 is 1.00 bits per heavy atom. The Morgan fingerprint density at radius 2 is 1.81 bits per heavy atom. The van der Waals surface area contributed by atoms with Crippen LogP contribution in [0.1, 0.15) is 11.4 Å². The SMILES string of the molecule is Cc1ccc2nc(Cl)c(OCc3nc(-c4ccccc4)cn3C)nc2c1. The Kier molecular flexibility index (Phi) is 4.31. The second kappa shape index (κ2) is 6.77. The molecule has 0 unspecified atom stereocenters.